The van der Waals surface area contributed by atoms with Gasteiger partial charge in [-0.05, 0) is 24.1 Å². The zero-order chi connectivity index (χ0) is 24.4. The highest BCUT2D eigenvalue weighted by Crippen LogP contribution is 2.19. The number of ether oxygens (including phenoxy) is 1. The van der Waals surface area contributed by atoms with Crippen molar-refractivity contribution in [2.75, 3.05) is 6.61 Å². The Morgan fingerprint density at radius 2 is 1.38 bits per heavy atom. The van der Waals surface area contributed by atoms with Gasteiger partial charge in [0.15, 0.2) is 0 Å². The SMILES string of the molecule is CCCCCCCCCCCC(=O)N[C@@H](COC(=O)c1ccccc1)C[C@@H](O)c1ccccc1. The highest BCUT2D eigenvalue weighted by atomic mass is 16.5. The van der Waals surface area contributed by atoms with Gasteiger partial charge < -0.3 is 15.2 Å². The lowest BCUT2D eigenvalue weighted by molar-refractivity contribution is -0.122. The molecule has 0 radical (unpaired) electrons. The molecule has 0 aliphatic carbocycles. The molecule has 0 saturated heterocycles. The fraction of sp³-hybridized carbons (Fsp3) is 0.517. The number of nitrogens with one attached hydrogen (secondary N) is 1. The predicted octanol–water partition coefficient (Wildman–Crippen LogP) is 6.37. The van der Waals surface area contributed by atoms with Gasteiger partial charge in [-0.1, -0.05) is 107 Å². The molecule has 5 nitrogen and oxygen atoms in total. The zero-order valence-electron chi connectivity index (χ0n) is 20.6. The Labute approximate surface area is 204 Å². The zero-order valence-corrected chi connectivity index (χ0v) is 20.6. The molecule has 2 N–H and O–H groups in total. The van der Waals surface area contributed by atoms with Gasteiger partial charge in [0, 0.05) is 12.8 Å². The van der Waals surface area contributed by atoms with Crippen molar-refractivity contribution >= 4 is 11.9 Å². The third kappa shape index (κ3) is 11.5. The molecule has 2 rings (SSSR count). The van der Waals surface area contributed by atoms with Crippen LogP contribution in [0.15, 0.2) is 60.7 Å². The number of hydrogen-bond acceptors (Lipinski definition) is 4. The maximum absolute atomic E-state index is 12.6. The highest BCUT2D eigenvalue weighted by Gasteiger charge is 2.20. The predicted molar refractivity (Wildman–Crippen MR) is 137 cm³/mol. The van der Waals surface area contributed by atoms with E-state index >= 15 is 0 Å². The van der Waals surface area contributed by atoms with Gasteiger partial charge in [-0.15, -0.1) is 0 Å². The molecule has 5 heteroatoms. The molecular formula is C29H41NO4. The molecule has 2 aromatic carbocycles. The minimum absolute atomic E-state index is 0.0150. The molecule has 1 amide bonds. The van der Waals surface area contributed by atoms with Crippen molar-refractivity contribution in [2.45, 2.75) is 89.7 Å². The van der Waals surface area contributed by atoms with E-state index in [1.54, 1.807) is 24.3 Å². The summed E-state index contributed by atoms with van der Waals surface area (Å²) in [5.74, 6) is -0.503. The summed E-state index contributed by atoms with van der Waals surface area (Å²) < 4.78 is 5.46. The number of hydrogen-bond donors (Lipinski definition) is 2. The van der Waals surface area contributed by atoms with Crippen LogP contribution < -0.4 is 5.32 Å². The Kier molecular flexibility index (Phi) is 13.7. The average Bonchev–Trinajstić information content (AvgIpc) is 2.87. The molecule has 0 aliphatic rings. The van der Waals surface area contributed by atoms with Crippen molar-refractivity contribution in [1.82, 2.24) is 5.32 Å². The van der Waals surface area contributed by atoms with Crippen LogP contribution in [0.1, 0.15) is 99.6 Å². The summed E-state index contributed by atoms with van der Waals surface area (Å²) in [6, 6.07) is 17.6. The Morgan fingerprint density at radius 1 is 0.824 bits per heavy atom. The summed E-state index contributed by atoms with van der Waals surface area (Å²) in [5.41, 5.74) is 1.24. The molecule has 34 heavy (non-hydrogen) atoms. The van der Waals surface area contributed by atoms with Crippen LogP contribution in [-0.4, -0.2) is 29.6 Å². The molecule has 0 bridgehead atoms. The van der Waals surface area contributed by atoms with Gasteiger partial charge in [-0.3, -0.25) is 4.79 Å². The number of unbranched alkanes of at least 4 members (excludes halogenated alkanes) is 8. The number of carbonyl (C=O) groups excluding carboxylic acids is 2. The third-order valence-corrected chi connectivity index (χ3v) is 5.99. The molecule has 0 unspecified atom stereocenters. The van der Waals surface area contributed by atoms with E-state index in [1.165, 1.54) is 38.5 Å². The number of aliphatic hydroxyl groups is 1. The monoisotopic (exact) mass is 467 g/mol. The Morgan fingerprint density at radius 3 is 2.00 bits per heavy atom. The fourth-order valence-corrected chi connectivity index (χ4v) is 3.98. The van der Waals surface area contributed by atoms with E-state index < -0.39 is 18.1 Å². The average molecular weight is 468 g/mol. The van der Waals surface area contributed by atoms with Crippen LogP contribution in [0.3, 0.4) is 0 Å². The first kappa shape index (κ1) is 27.6. The molecule has 186 valence electrons. The molecule has 0 fully saturated rings. The number of esters is 1. The van der Waals surface area contributed by atoms with E-state index in [9.17, 15) is 14.7 Å². The summed E-state index contributed by atoms with van der Waals surface area (Å²) in [6.45, 7) is 2.24. The Hall–Kier alpha value is -2.66. The lowest BCUT2D eigenvalue weighted by Crippen LogP contribution is -2.39. The molecule has 2 atom stereocenters. The van der Waals surface area contributed by atoms with Crippen molar-refractivity contribution in [1.29, 1.82) is 0 Å². The van der Waals surface area contributed by atoms with Gasteiger partial charge in [-0.2, -0.15) is 0 Å². The van der Waals surface area contributed by atoms with Gasteiger partial charge in [0.05, 0.1) is 17.7 Å². The van der Waals surface area contributed by atoms with E-state index in [1.807, 2.05) is 36.4 Å². The van der Waals surface area contributed by atoms with E-state index in [2.05, 4.69) is 12.2 Å². The van der Waals surface area contributed by atoms with Crippen molar-refractivity contribution < 1.29 is 19.4 Å². The lowest BCUT2D eigenvalue weighted by atomic mass is 10.0. The molecule has 0 saturated carbocycles. The molecule has 0 spiro atoms. The van der Waals surface area contributed by atoms with E-state index in [4.69, 9.17) is 4.74 Å². The number of rotatable bonds is 17. The van der Waals surface area contributed by atoms with Crippen molar-refractivity contribution in [3.8, 4) is 0 Å². The van der Waals surface area contributed by atoms with Crippen LogP contribution in [-0.2, 0) is 9.53 Å². The second-order valence-electron chi connectivity index (χ2n) is 8.97. The van der Waals surface area contributed by atoms with Crippen LogP contribution in [0.25, 0.3) is 0 Å². The second-order valence-corrected chi connectivity index (χ2v) is 8.97. The molecule has 0 aliphatic heterocycles. The summed E-state index contributed by atoms with van der Waals surface area (Å²) in [6.07, 6.45) is 10.7. The molecule has 0 aromatic heterocycles. The maximum atomic E-state index is 12.6. The summed E-state index contributed by atoms with van der Waals surface area (Å²) >= 11 is 0. The molecular weight excluding hydrogens is 426 g/mol. The van der Waals surface area contributed by atoms with Crippen LogP contribution in [0.5, 0.6) is 0 Å². The largest absolute Gasteiger partial charge is 0.460 e. The van der Waals surface area contributed by atoms with Crippen molar-refractivity contribution in [3.63, 3.8) is 0 Å². The van der Waals surface area contributed by atoms with E-state index in [0.717, 1.165) is 24.8 Å². The fourth-order valence-electron chi connectivity index (χ4n) is 3.98. The minimum atomic E-state index is -0.755. The quantitative estimate of drug-likeness (QED) is 0.209. The standard InChI is InChI=1S/C29H41NO4/c1-2-3-4-5-6-7-8-9-16-21-28(32)30-26(22-27(31)24-17-12-10-13-18-24)23-34-29(33)25-19-14-11-15-20-25/h10-15,17-20,26-27,31H,2-9,16,21-23H2,1H3,(H,30,32)/t26-,27-/m1/s1. The van der Waals surface area contributed by atoms with Crippen LogP contribution in [0.2, 0.25) is 0 Å². The first-order valence-corrected chi connectivity index (χ1v) is 12.8. The van der Waals surface area contributed by atoms with Crippen LogP contribution in [0, 0.1) is 0 Å². The molecule has 0 heterocycles. The third-order valence-electron chi connectivity index (χ3n) is 5.99. The first-order chi connectivity index (χ1) is 16.6. The maximum Gasteiger partial charge on any atom is 0.338 e. The topological polar surface area (TPSA) is 75.6 Å². The Balaban J connectivity index is 1.78. The van der Waals surface area contributed by atoms with Crippen LogP contribution >= 0.6 is 0 Å². The Bertz CT molecular complexity index is 809. The number of carbonyl (C=O) groups is 2. The van der Waals surface area contributed by atoms with E-state index in [-0.39, 0.29) is 18.9 Å². The van der Waals surface area contributed by atoms with Gasteiger partial charge >= 0.3 is 5.97 Å². The van der Waals surface area contributed by atoms with Gasteiger partial charge in [0.1, 0.15) is 6.61 Å². The lowest BCUT2D eigenvalue weighted by Gasteiger charge is -2.22. The number of aliphatic hydroxyl groups excluding tert-OH is 1. The normalized spacial score (nSPS) is 12.6. The number of amides is 1. The van der Waals surface area contributed by atoms with Gasteiger partial charge in [0.2, 0.25) is 5.91 Å². The van der Waals surface area contributed by atoms with Crippen molar-refractivity contribution in [3.05, 3.63) is 71.8 Å². The first-order valence-electron chi connectivity index (χ1n) is 12.8. The van der Waals surface area contributed by atoms with Crippen LogP contribution in [0.4, 0.5) is 0 Å². The minimum Gasteiger partial charge on any atom is -0.460 e. The smallest absolute Gasteiger partial charge is 0.338 e. The van der Waals surface area contributed by atoms with Crippen molar-refractivity contribution in [2.24, 2.45) is 0 Å². The van der Waals surface area contributed by atoms with Gasteiger partial charge in [0.25, 0.3) is 0 Å². The second kappa shape index (κ2) is 16.9. The summed E-state index contributed by atoms with van der Waals surface area (Å²) in [7, 11) is 0. The highest BCUT2D eigenvalue weighted by molar-refractivity contribution is 5.89. The number of benzene rings is 2. The molecule has 2 aromatic rings. The summed E-state index contributed by atoms with van der Waals surface area (Å²) in [5, 5.41) is 13.6. The summed E-state index contributed by atoms with van der Waals surface area (Å²) in [4.78, 5) is 24.9. The van der Waals surface area contributed by atoms with E-state index in [0.29, 0.717) is 12.0 Å². The van der Waals surface area contributed by atoms with Gasteiger partial charge in [-0.25, -0.2) is 4.79 Å².